The molecule has 0 aliphatic carbocycles. The molecule has 0 saturated carbocycles. The largest absolute Gasteiger partial charge is 0.464 e. The number of anilines is 1. The second-order valence-electron chi connectivity index (χ2n) is 6.61. The van der Waals surface area contributed by atoms with Crippen LogP contribution in [0.4, 0.5) is 5.69 Å². The molecule has 1 amide bonds. The van der Waals surface area contributed by atoms with Gasteiger partial charge >= 0.3 is 5.97 Å². The lowest BCUT2D eigenvalue weighted by Crippen LogP contribution is -2.22. The summed E-state index contributed by atoms with van der Waals surface area (Å²) in [5.41, 5.74) is 5.40. The molecule has 0 atom stereocenters. The maximum Gasteiger partial charge on any atom is 0.310 e. The van der Waals surface area contributed by atoms with E-state index in [1.165, 1.54) is 0 Å². The van der Waals surface area contributed by atoms with E-state index in [1.807, 2.05) is 57.2 Å². The monoisotopic (exact) mass is 365 g/mol. The molecule has 0 unspecified atom stereocenters. The Bertz CT molecular complexity index is 987. The van der Waals surface area contributed by atoms with Crippen molar-refractivity contribution in [1.29, 1.82) is 0 Å². The molecule has 0 bridgehead atoms. The van der Waals surface area contributed by atoms with Crippen molar-refractivity contribution in [2.75, 3.05) is 11.9 Å². The molecule has 0 aliphatic rings. The molecule has 5 heteroatoms. The Labute approximate surface area is 158 Å². The highest BCUT2D eigenvalue weighted by atomic mass is 16.5. The molecule has 0 fully saturated rings. The number of aryl methyl sites for hydroxylation is 3. The number of carbonyl (C=O) groups excluding carboxylic acids is 2. The van der Waals surface area contributed by atoms with Gasteiger partial charge in [0.15, 0.2) is 6.61 Å². The van der Waals surface area contributed by atoms with Crippen LogP contribution in [0.5, 0.6) is 0 Å². The second kappa shape index (κ2) is 8.08. The van der Waals surface area contributed by atoms with Gasteiger partial charge in [0, 0.05) is 16.6 Å². The third kappa shape index (κ3) is 4.37. The fraction of sp³-hybridized carbons (Fsp3) is 0.273. The summed E-state index contributed by atoms with van der Waals surface area (Å²) in [6.45, 7) is 5.63. The highest BCUT2D eigenvalue weighted by Gasteiger charge is 2.14. The van der Waals surface area contributed by atoms with Crippen molar-refractivity contribution in [3.05, 3.63) is 64.9 Å². The first-order valence-corrected chi connectivity index (χ1v) is 8.98. The molecule has 3 rings (SSSR count). The summed E-state index contributed by atoms with van der Waals surface area (Å²) in [4.78, 5) is 24.3. The Morgan fingerprint density at radius 3 is 2.70 bits per heavy atom. The number of fused-ring (bicyclic) bond motifs is 1. The number of amides is 1. The number of carbonyl (C=O) groups is 2. The minimum atomic E-state index is -0.464. The van der Waals surface area contributed by atoms with Gasteiger partial charge in [-0.2, -0.15) is 0 Å². The lowest BCUT2D eigenvalue weighted by atomic mass is 10.1. The number of rotatable bonds is 6. The molecule has 0 saturated heterocycles. The van der Waals surface area contributed by atoms with Crippen molar-refractivity contribution in [3.8, 4) is 0 Å². The summed E-state index contributed by atoms with van der Waals surface area (Å²) in [5.74, 6) is -0.811. The molecule has 1 heterocycles. The predicted molar refractivity (Wildman–Crippen MR) is 105 cm³/mol. The van der Waals surface area contributed by atoms with Crippen molar-refractivity contribution in [2.24, 2.45) is 0 Å². The minimum Gasteiger partial charge on any atom is -0.464 e. The quantitative estimate of drug-likeness (QED) is 0.660. The van der Waals surface area contributed by atoms with Gasteiger partial charge in [0.1, 0.15) is 5.58 Å². The fourth-order valence-corrected chi connectivity index (χ4v) is 3.06. The van der Waals surface area contributed by atoms with Crippen LogP contribution in [-0.2, 0) is 27.2 Å². The number of furan rings is 1. The van der Waals surface area contributed by atoms with E-state index >= 15 is 0 Å². The van der Waals surface area contributed by atoms with E-state index in [0.29, 0.717) is 0 Å². The van der Waals surface area contributed by atoms with Crippen LogP contribution in [0.25, 0.3) is 11.0 Å². The first-order valence-electron chi connectivity index (χ1n) is 8.98. The number of nitrogens with one attached hydrogen (secondary N) is 1. The summed E-state index contributed by atoms with van der Waals surface area (Å²) >= 11 is 0. The van der Waals surface area contributed by atoms with Crippen LogP contribution in [0, 0.1) is 13.8 Å². The van der Waals surface area contributed by atoms with Gasteiger partial charge in [-0.3, -0.25) is 9.59 Å². The molecule has 3 aromatic rings. The van der Waals surface area contributed by atoms with Crippen LogP contribution < -0.4 is 5.32 Å². The van der Waals surface area contributed by atoms with Crippen molar-refractivity contribution >= 4 is 28.5 Å². The van der Waals surface area contributed by atoms with E-state index in [-0.39, 0.29) is 18.9 Å². The highest BCUT2D eigenvalue weighted by molar-refractivity contribution is 5.94. The van der Waals surface area contributed by atoms with E-state index in [9.17, 15) is 9.59 Å². The SMILES string of the molecule is CCc1cccc(C)c1NC(=O)COC(=O)Cc1coc2cc(C)ccc12. The van der Waals surface area contributed by atoms with Crippen LogP contribution in [-0.4, -0.2) is 18.5 Å². The van der Waals surface area contributed by atoms with Gasteiger partial charge in [0.25, 0.3) is 5.91 Å². The molecule has 5 nitrogen and oxygen atoms in total. The zero-order chi connectivity index (χ0) is 19.4. The molecule has 140 valence electrons. The van der Waals surface area contributed by atoms with Crippen LogP contribution in [0.1, 0.15) is 29.2 Å². The van der Waals surface area contributed by atoms with Crippen LogP contribution >= 0.6 is 0 Å². The van der Waals surface area contributed by atoms with Crippen LogP contribution in [0.3, 0.4) is 0 Å². The zero-order valence-electron chi connectivity index (χ0n) is 15.8. The summed E-state index contributed by atoms with van der Waals surface area (Å²) in [6.07, 6.45) is 2.43. The number of ether oxygens (including phenoxy) is 1. The van der Waals surface area contributed by atoms with Crippen molar-refractivity contribution < 1.29 is 18.7 Å². The van der Waals surface area contributed by atoms with Gasteiger partial charge < -0.3 is 14.5 Å². The maximum absolute atomic E-state index is 12.2. The van der Waals surface area contributed by atoms with Gasteiger partial charge in [0.05, 0.1) is 12.7 Å². The molecule has 1 N–H and O–H groups in total. The molecule has 0 radical (unpaired) electrons. The molecule has 0 aliphatic heterocycles. The Hall–Kier alpha value is -3.08. The van der Waals surface area contributed by atoms with Crippen LogP contribution in [0.15, 0.2) is 47.1 Å². The zero-order valence-corrected chi connectivity index (χ0v) is 15.8. The number of esters is 1. The standard InChI is InChI=1S/C22H23NO4/c1-4-16-7-5-6-15(3)22(16)23-20(24)13-27-21(25)11-17-12-26-19-10-14(2)8-9-18(17)19/h5-10,12H,4,11,13H2,1-3H3,(H,23,24). The molecular formula is C22H23NO4. The topological polar surface area (TPSA) is 68.5 Å². The number of benzene rings is 2. The highest BCUT2D eigenvalue weighted by Crippen LogP contribution is 2.23. The van der Waals surface area contributed by atoms with Crippen molar-refractivity contribution in [2.45, 2.75) is 33.6 Å². The van der Waals surface area contributed by atoms with E-state index in [1.54, 1.807) is 6.26 Å². The minimum absolute atomic E-state index is 0.0634. The van der Waals surface area contributed by atoms with Gasteiger partial charge in [-0.15, -0.1) is 0 Å². The Morgan fingerprint density at radius 2 is 1.93 bits per heavy atom. The Morgan fingerprint density at radius 1 is 1.11 bits per heavy atom. The van der Waals surface area contributed by atoms with E-state index in [0.717, 1.165) is 45.3 Å². The lowest BCUT2D eigenvalue weighted by molar-refractivity contribution is -0.146. The normalized spacial score (nSPS) is 10.8. The van der Waals surface area contributed by atoms with Gasteiger partial charge in [-0.25, -0.2) is 0 Å². The number of hydrogen-bond acceptors (Lipinski definition) is 4. The van der Waals surface area contributed by atoms with E-state index < -0.39 is 5.97 Å². The third-order valence-electron chi connectivity index (χ3n) is 4.51. The molecule has 2 aromatic carbocycles. The summed E-state index contributed by atoms with van der Waals surface area (Å²) < 4.78 is 10.6. The van der Waals surface area contributed by atoms with Crippen LogP contribution in [0.2, 0.25) is 0 Å². The molecular weight excluding hydrogens is 342 g/mol. The average molecular weight is 365 g/mol. The first-order chi connectivity index (χ1) is 13.0. The lowest BCUT2D eigenvalue weighted by Gasteiger charge is -2.13. The Balaban J connectivity index is 1.58. The van der Waals surface area contributed by atoms with Gasteiger partial charge in [-0.05, 0) is 43.0 Å². The average Bonchev–Trinajstić information content (AvgIpc) is 3.03. The second-order valence-corrected chi connectivity index (χ2v) is 6.61. The van der Waals surface area contributed by atoms with E-state index in [2.05, 4.69) is 5.32 Å². The molecule has 27 heavy (non-hydrogen) atoms. The predicted octanol–water partition coefficient (Wildman–Crippen LogP) is 4.34. The summed E-state index contributed by atoms with van der Waals surface area (Å²) in [5, 5.41) is 3.73. The molecule has 0 spiro atoms. The first kappa shape index (κ1) is 18.7. The number of hydrogen-bond donors (Lipinski definition) is 1. The van der Waals surface area contributed by atoms with Gasteiger partial charge in [0.2, 0.25) is 0 Å². The third-order valence-corrected chi connectivity index (χ3v) is 4.51. The van der Waals surface area contributed by atoms with Crippen molar-refractivity contribution in [1.82, 2.24) is 0 Å². The van der Waals surface area contributed by atoms with Crippen molar-refractivity contribution in [3.63, 3.8) is 0 Å². The van der Waals surface area contributed by atoms with E-state index in [4.69, 9.17) is 9.15 Å². The smallest absolute Gasteiger partial charge is 0.310 e. The maximum atomic E-state index is 12.2. The molecule has 1 aromatic heterocycles. The Kier molecular flexibility index (Phi) is 5.60. The van der Waals surface area contributed by atoms with Gasteiger partial charge in [-0.1, -0.05) is 37.3 Å². The fourth-order valence-electron chi connectivity index (χ4n) is 3.06. The summed E-state index contributed by atoms with van der Waals surface area (Å²) in [6, 6.07) is 11.7. The summed E-state index contributed by atoms with van der Waals surface area (Å²) in [7, 11) is 0. The number of para-hydroxylation sites is 1.